The van der Waals surface area contributed by atoms with Gasteiger partial charge in [-0.3, -0.25) is 0 Å². The summed E-state index contributed by atoms with van der Waals surface area (Å²) in [5.74, 6) is 0.335. The summed E-state index contributed by atoms with van der Waals surface area (Å²) in [5, 5.41) is 0. The zero-order chi connectivity index (χ0) is 13.1. The van der Waals surface area contributed by atoms with Gasteiger partial charge in [0, 0.05) is 10.9 Å². The summed E-state index contributed by atoms with van der Waals surface area (Å²) in [4.78, 5) is 1.04. The van der Waals surface area contributed by atoms with E-state index in [-0.39, 0.29) is 18.0 Å². The van der Waals surface area contributed by atoms with Gasteiger partial charge in [0.05, 0.1) is 3.79 Å². The molecule has 0 radical (unpaired) electrons. The number of benzene rings is 1. The maximum atomic E-state index is 12.8. The van der Waals surface area contributed by atoms with E-state index in [0.717, 1.165) is 8.66 Å². The van der Waals surface area contributed by atoms with E-state index in [0.29, 0.717) is 5.75 Å². The van der Waals surface area contributed by atoms with Gasteiger partial charge in [0.25, 0.3) is 0 Å². The summed E-state index contributed by atoms with van der Waals surface area (Å²) >= 11 is 5.00. The number of ether oxygens (including phenoxy) is 1. The van der Waals surface area contributed by atoms with Gasteiger partial charge in [-0.05, 0) is 59.3 Å². The van der Waals surface area contributed by atoms with Crippen LogP contribution in [0.3, 0.4) is 0 Å². The molecule has 1 aromatic heterocycles. The summed E-state index contributed by atoms with van der Waals surface area (Å²) in [6, 6.07) is 9.74. The van der Waals surface area contributed by atoms with Gasteiger partial charge >= 0.3 is 0 Å². The second kappa shape index (κ2) is 5.82. The minimum absolute atomic E-state index is 0.152. The maximum Gasteiger partial charge on any atom is 0.148 e. The molecule has 2 unspecified atom stereocenters. The highest BCUT2D eigenvalue weighted by Crippen LogP contribution is 2.32. The molecule has 18 heavy (non-hydrogen) atoms. The van der Waals surface area contributed by atoms with E-state index in [4.69, 9.17) is 10.5 Å². The number of rotatable bonds is 4. The van der Waals surface area contributed by atoms with Gasteiger partial charge in [-0.15, -0.1) is 11.3 Å². The lowest BCUT2D eigenvalue weighted by molar-refractivity contribution is 0.184. The number of halogens is 2. The smallest absolute Gasteiger partial charge is 0.148 e. The molecule has 1 heterocycles. The van der Waals surface area contributed by atoms with Gasteiger partial charge < -0.3 is 10.5 Å². The van der Waals surface area contributed by atoms with Crippen LogP contribution in [0.4, 0.5) is 4.39 Å². The van der Waals surface area contributed by atoms with Crippen LogP contribution in [0, 0.1) is 5.82 Å². The van der Waals surface area contributed by atoms with Gasteiger partial charge in [-0.2, -0.15) is 0 Å². The fourth-order valence-corrected chi connectivity index (χ4v) is 3.13. The summed E-state index contributed by atoms with van der Waals surface area (Å²) in [6.45, 7) is 1.89. The van der Waals surface area contributed by atoms with Crippen molar-refractivity contribution in [2.24, 2.45) is 5.73 Å². The first-order valence-corrected chi connectivity index (χ1v) is 7.10. The van der Waals surface area contributed by atoms with E-state index >= 15 is 0 Å². The van der Waals surface area contributed by atoms with Crippen LogP contribution in [0.5, 0.6) is 5.75 Å². The average molecular weight is 330 g/mol. The highest BCUT2D eigenvalue weighted by atomic mass is 79.9. The number of thiophene rings is 1. The van der Waals surface area contributed by atoms with Crippen LogP contribution in [0.1, 0.15) is 17.9 Å². The Kier molecular flexibility index (Phi) is 4.37. The highest BCUT2D eigenvalue weighted by molar-refractivity contribution is 9.11. The lowest BCUT2D eigenvalue weighted by Crippen LogP contribution is -2.28. The normalized spacial score (nSPS) is 14.2. The molecule has 0 fully saturated rings. The molecule has 0 bridgehead atoms. The fraction of sp³-hybridized carbons (Fsp3) is 0.231. The Morgan fingerprint density at radius 1 is 1.22 bits per heavy atom. The van der Waals surface area contributed by atoms with E-state index in [1.54, 1.807) is 23.5 Å². The molecule has 2 nitrogen and oxygen atoms in total. The Morgan fingerprint density at radius 2 is 1.89 bits per heavy atom. The lowest BCUT2D eigenvalue weighted by Gasteiger charge is -2.21. The minimum atomic E-state index is -0.279. The lowest BCUT2D eigenvalue weighted by atomic mass is 10.1. The topological polar surface area (TPSA) is 35.2 Å². The largest absolute Gasteiger partial charge is 0.483 e. The van der Waals surface area contributed by atoms with Crippen molar-refractivity contribution in [2.45, 2.75) is 19.1 Å². The van der Waals surface area contributed by atoms with Crippen molar-refractivity contribution >= 4 is 27.3 Å². The maximum absolute atomic E-state index is 12.8. The van der Waals surface area contributed by atoms with Crippen LogP contribution in [0.2, 0.25) is 0 Å². The summed E-state index contributed by atoms with van der Waals surface area (Å²) in [7, 11) is 0. The van der Waals surface area contributed by atoms with Gasteiger partial charge in [0.2, 0.25) is 0 Å². The number of nitrogens with two attached hydrogens (primary N) is 1. The van der Waals surface area contributed by atoms with Crippen molar-refractivity contribution in [3.8, 4) is 5.75 Å². The van der Waals surface area contributed by atoms with Crippen LogP contribution in [-0.4, -0.2) is 6.04 Å². The molecule has 96 valence electrons. The first kappa shape index (κ1) is 13.5. The van der Waals surface area contributed by atoms with Crippen molar-refractivity contribution in [3.63, 3.8) is 0 Å². The van der Waals surface area contributed by atoms with Crippen LogP contribution >= 0.6 is 27.3 Å². The molecule has 0 amide bonds. The molecular weight excluding hydrogens is 317 g/mol. The van der Waals surface area contributed by atoms with E-state index in [1.807, 2.05) is 19.1 Å². The van der Waals surface area contributed by atoms with Gasteiger partial charge in [0.15, 0.2) is 0 Å². The fourth-order valence-electron chi connectivity index (χ4n) is 1.57. The summed E-state index contributed by atoms with van der Waals surface area (Å²) < 4.78 is 19.7. The Bertz CT molecular complexity index is 512. The SMILES string of the molecule is CC(N)C(Oc1ccc(F)cc1)c1ccc(Br)s1. The summed E-state index contributed by atoms with van der Waals surface area (Å²) in [6.07, 6.45) is -0.230. The molecule has 1 aromatic carbocycles. The highest BCUT2D eigenvalue weighted by Gasteiger charge is 2.20. The third-order valence-corrected chi connectivity index (χ3v) is 4.11. The average Bonchev–Trinajstić information content (AvgIpc) is 2.74. The molecule has 0 aliphatic carbocycles. The van der Waals surface area contributed by atoms with Crippen molar-refractivity contribution in [1.82, 2.24) is 0 Å². The predicted molar refractivity (Wildman–Crippen MR) is 75.4 cm³/mol. The van der Waals surface area contributed by atoms with Gasteiger partial charge in [0.1, 0.15) is 17.7 Å². The van der Waals surface area contributed by atoms with Crippen molar-refractivity contribution in [1.29, 1.82) is 0 Å². The van der Waals surface area contributed by atoms with Crippen LogP contribution in [0.25, 0.3) is 0 Å². The van der Waals surface area contributed by atoms with E-state index in [1.165, 1.54) is 12.1 Å². The monoisotopic (exact) mass is 329 g/mol. The van der Waals surface area contributed by atoms with Crippen molar-refractivity contribution < 1.29 is 9.13 Å². The van der Waals surface area contributed by atoms with Gasteiger partial charge in [-0.1, -0.05) is 0 Å². The summed E-state index contributed by atoms with van der Waals surface area (Å²) in [5.41, 5.74) is 5.95. The van der Waals surface area contributed by atoms with E-state index in [2.05, 4.69) is 15.9 Å². The molecular formula is C13H13BrFNOS. The van der Waals surface area contributed by atoms with Crippen molar-refractivity contribution in [2.75, 3.05) is 0 Å². The molecule has 5 heteroatoms. The quantitative estimate of drug-likeness (QED) is 0.915. The molecule has 2 N–H and O–H groups in total. The van der Waals surface area contributed by atoms with Gasteiger partial charge in [-0.25, -0.2) is 4.39 Å². The Balaban J connectivity index is 2.19. The van der Waals surface area contributed by atoms with Crippen LogP contribution < -0.4 is 10.5 Å². The second-order valence-corrected chi connectivity index (χ2v) is 6.49. The minimum Gasteiger partial charge on any atom is -0.483 e. The van der Waals surface area contributed by atoms with Crippen LogP contribution in [0.15, 0.2) is 40.2 Å². The first-order chi connectivity index (χ1) is 8.56. The Morgan fingerprint density at radius 3 is 2.39 bits per heavy atom. The van der Waals surface area contributed by atoms with Crippen molar-refractivity contribution in [3.05, 3.63) is 50.9 Å². The zero-order valence-corrected chi connectivity index (χ0v) is 12.2. The molecule has 0 spiro atoms. The van der Waals surface area contributed by atoms with E-state index < -0.39 is 0 Å². The molecule has 0 saturated carbocycles. The van der Waals surface area contributed by atoms with Crippen LogP contribution in [-0.2, 0) is 0 Å². The molecule has 2 rings (SSSR count). The zero-order valence-electron chi connectivity index (χ0n) is 9.77. The Hall–Kier alpha value is -0.910. The van der Waals surface area contributed by atoms with E-state index in [9.17, 15) is 4.39 Å². The number of hydrogen-bond donors (Lipinski definition) is 1. The standard InChI is InChI=1S/C13H13BrFNOS/c1-8(16)13(11-6-7-12(14)18-11)17-10-4-2-9(15)3-5-10/h2-8,13H,16H2,1H3. The molecule has 0 aliphatic heterocycles. The molecule has 2 aromatic rings. The molecule has 0 saturated heterocycles. The molecule has 2 atom stereocenters. The predicted octanol–water partition coefficient (Wildman–Crippen LogP) is 4.12. The molecule has 0 aliphatic rings. The second-order valence-electron chi connectivity index (χ2n) is 3.99. The third kappa shape index (κ3) is 3.31. The Labute approximate surface area is 118 Å². The number of hydrogen-bond acceptors (Lipinski definition) is 3. The first-order valence-electron chi connectivity index (χ1n) is 5.49. The third-order valence-electron chi connectivity index (χ3n) is 2.43.